The summed E-state index contributed by atoms with van der Waals surface area (Å²) >= 11 is 0. The molecule has 8 heavy (non-hydrogen) atoms. The Labute approximate surface area is 50.0 Å². The predicted octanol–water partition coefficient (Wildman–Crippen LogP) is 1.29. The lowest BCUT2D eigenvalue weighted by Gasteiger charge is -2.13. The maximum absolute atomic E-state index is 8.93. The lowest BCUT2D eigenvalue weighted by Crippen LogP contribution is -2.08. The smallest absolute Gasteiger partial charge is 0.0721 e. The number of rotatable bonds is 0. The molecule has 1 heteroatoms. The van der Waals surface area contributed by atoms with Crippen LogP contribution in [0.4, 0.5) is 0 Å². The van der Waals surface area contributed by atoms with Gasteiger partial charge in [-0.3, -0.25) is 0 Å². The van der Waals surface area contributed by atoms with Crippen molar-refractivity contribution in [2.75, 3.05) is 0 Å². The van der Waals surface area contributed by atoms with E-state index >= 15 is 0 Å². The highest BCUT2D eigenvalue weighted by Crippen LogP contribution is 2.17. The van der Waals surface area contributed by atoms with E-state index in [9.17, 15) is 0 Å². The molecule has 0 amide bonds. The zero-order chi connectivity index (χ0) is 5.98. The van der Waals surface area contributed by atoms with Gasteiger partial charge in [0, 0.05) is 0 Å². The number of hydrogen-bond acceptors (Lipinski definition) is 1. The predicted molar refractivity (Wildman–Crippen MR) is 33.3 cm³/mol. The van der Waals surface area contributed by atoms with E-state index in [-0.39, 0.29) is 6.10 Å². The fourth-order valence-electron chi connectivity index (χ4n) is 0.830. The van der Waals surface area contributed by atoms with Crippen molar-refractivity contribution in [2.24, 2.45) is 0 Å². The van der Waals surface area contributed by atoms with Crippen LogP contribution in [0.5, 0.6) is 0 Å². The molecule has 0 fully saturated rings. The minimum absolute atomic E-state index is 0.182. The summed E-state index contributed by atoms with van der Waals surface area (Å²) in [6, 6.07) is 0. The van der Waals surface area contributed by atoms with E-state index in [0.29, 0.717) is 0 Å². The summed E-state index contributed by atoms with van der Waals surface area (Å²) < 4.78 is 0. The number of aliphatic hydroxyl groups is 1. The molecule has 1 aliphatic carbocycles. The van der Waals surface area contributed by atoms with E-state index in [2.05, 4.69) is 6.92 Å². The van der Waals surface area contributed by atoms with E-state index in [0.717, 1.165) is 12.8 Å². The first-order valence-electron chi connectivity index (χ1n) is 2.98. The van der Waals surface area contributed by atoms with Gasteiger partial charge in [-0.25, -0.2) is 0 Å². The largest absolute Gasteiger partial charge is 0.389 e. The van der Waals surface area contributed by atoms with Gasteiger partial charge in [0.05, 0.1) is 6.10 Å². The SMILES string of the molecule is C[C]1C=C[C@H](O)CC1. The summed E-state index contributed by atoms with van der Waals surface area (Å²) in [6.45, 7) is 2.09. The third kappa shape index (κ3) is 1.34. The van der Waals surface area contributed by atoms with Gasteiger partial charge in [-0.05, 0) is 18.8 Å². The molecule has 0 aliphatic heterocycles. The van der Waals surface area contributed by atoms with Gasteiger partial charge in [-0.1, -0.05) is 19.1 Å². The van der Waals surface area contributed by atoms with Crippen molar-refractivity contribution in [1.82, 2.24) is 0 Å². The first-order valence-corrected chi connectivity index (χ1v) is 2.98. The Bertz CT molecular complexity index is 84.6. The van der Waals surface area contributed by atoms with Crippen molar-refractivity contribution in [3.63, 3.8) is 0 Å². The fourth-order valence-corrected chi connectivity index (χ4v) is 0.830. The molecule has 0 unspecified atom stereocenters. The molecular formula is C7H11O. The summed E-state index contributed by atoms with van der Waals surface area (Å²) in [5.41, 5.74) is 0. The Morgan fingerprint density at radius 3 is 2.88 bits per heavy atom. The molecule has 0 saturated heterocycles. The van der Waals surface area contributed by atoms with Gasteiger partial charge >= 0.3 is 0 Å². The van der Waals surface area contributed by atoms with E-state index in [1.165, 1.54) is 5.92 Å². The van der Waals surface area contributed by atoms with Crippen molar-refractivity contribution in [1.29, 1.82) is 0 Å². The van der Waals surface area contributed by atoms with Gasteiger partial charge in [-0.2, -0.15) is 0 Å². The summed E-state index contributed by atoms with van der Waals surface area (Å²) in [7, 11) is 0. The van der Waals surface area contributed by atoms with Gasteiger partial charge in [0.15, 0.2) is 0 Å². The van der Waals surface area contributed by atoms with Crippen LogP contribution in [0.1, 0.15) is 19.8 Å². The zero-order valence-electron chi connectivity index (χ0n) is 5.09. The Hall–Kier alpha value is -0.300. The van der Waals surface area contributed by atoms with Crippen LogP contribution in [0.2, 0.25) is 0 Å². The molecule has 1 radical (unpaired) electrons. The Kier molecular flexibility index (Phi) is 1.69. The van der Waals surface area contributed by atoms with Crippen LogP contribution < -0.4 is 0 Å². The second kappa shape index (κ2) is 2.31. The molecule has 1 aliphatic rings. The van der Waals surface area contributed by atoms with Crippen LogP contribution in [0, 0.1) is 5.92 Å². The molecule has 0 aromatic heterocycles. The maximum atomic E-state index is 8.93. The van der Waals surface area contributed by atoms with Gasteiger partial charge in [0.1, 0.15) is 0 Å². The van der Waals surface area contributed by atoms with Crippen LogP contribution in [-0.4, -0.2) is 11.2 Å². The molecule has 0 heterocycles. The number of hydrogen-bond donors (Lipinski definition) is 1. The lowest BCUT2D eigenvalue weighted by atomic mass is 9.96. The topological polar surface area (TPSA) is 20.2 Å². The van der Waals surface area contributed by atoms with Crippen molar-refractivity contribution in [3.05, 3.63) is 18.1 Å². The Morgan fingerprint density at radius 1 is 1.75 bits per heavy atom. The molecule has 0 aromatic rings. The quantitative estimate of drug-likeness (QED) is 0.499. The molecule has 1 atom stereocenters. The van der Waals surface area contributed by atoms with Crippen LogP contribution >= 0.6 is 0 Å². The monoisotopic (exact) mass is 111 g/mol. The Morgan fingerprint density at radius 2 is 2.50 bits per heavy atom. The molecule has 45 valence electrons. The lowest BCUT2D eigenvalue weighted by molar-refractivity contribution is 0.207. The Balaban J connectivity index is 2.42. The van der Waals surface area contributed by atoms with Crippen molar-refractivity contribution in [3.8, 4) is 0 Å². The molecule has 1 rings (SSSR count). The summed E-state index contributed by atoms with van der Waals surface area (Å²) in [5, 5.41) is 8.93. The highest BCUT2D eigenvalue weighted by Gasteiger charge is 2.08. The standard InChI is InChI=1S/C7H11O/c1-6-2-4-7(8)5-3-6/h2,4,7-8H,3,5H2,1H3/t7-/m0/s1. The van der Waals surface area contributed by atoms with E-state index in [4.69, 9.17) is 5.11 Å². The van der Waals surface area contributed by atoms with Crippen molar-refractivity contribution in [2.45, 2.75) is 25.9 Å². The highest BCUT2D eigenvalue weighted by atomic mass is 16.3. The molecule has 1 nitrogen and oxygen atoms in total. The average molecular weight is 111 g/mol. The molecule has 1 N–H and O–H groups in total. The minimum atomic E-state index is -0.182. The molecular weight excluding hydrogens is 100 g/mol. The normalized spacial score (nSPS) is 31.0. The minimum Gasteiger partial charge on any atom is -0.389 e. The number of aliphatic hydroxyl groups excluding tert-OH is 1. The van der Waals surface area contributed by atoms with Crippen molar-refractivity contribution >= 4 is 0 Å². The second-order valence-electron chi connectivity index (χ2n) is 2.31. The zero-order valence-corrected chi connectivity index (χ0v) is 5.09. The maximum Gasteiger partial charge on any atom is 0.0721 e. The van der Waals surface area contributed by atoms with Crippen LogP contribution in [0.3, 0.4) is 0 Å². The summed E-state index contributed by atoms with van der Waals surface area (Å²) in [4.78, 5) is 0. The summed E-state index contributed by atoms with van der Waals surface area (Å²) in [6.07, 6.45) is 5.62. The van der Waals surface area contributed by atoms with Gasteiger partial charge in [-0.15, -0.1) is 0 Å². The molecule has 0 spiro atoms. The first-order chi connectivity index (χ1) is 3.79. The van der Waals surface area contributed by atoms with Crippen LogP contribution in [0.25, 0.3) is 0 Å². The van der Waals surface area contributed by atoms with Crippen LogP contribution in [0.15, 0.2) is 12.2 Å². The van der Waals surface area contributed by atoms with Gasteiger partial charge in [0.2, 0.25) is 0 Å². The fraction of sp³-hybridized carbons (Fsp3) is 0.571. The molecule has 0 bridgehead atoms. The first kappa shape index (κ1) is 5.83. The third-order valence-electron chi connectivity index (χ3n) is 1.44. The van der Waals surface area contributed by atoms with Gasteiger partial charge in [0.25, 0.3) is 0 Å². The third-order valence-corrected chi connectivity index (χ3v) is 1.44. The molecule has 0 saturated carbocycles. The van der Waals surface area contributed by atoms with E-state index in [1.807, 2.05) is 12.2 Å². The highest BCUT2D eigenvalue weighted by molar-refractivity contribution is 5.12. The van der Waals surface area contributed by atoms with E-state index < -0.39 is 0 Å². The number of allylic oxidation sites excluding steroid dienone is 1. The average Bonchev–Trinajstić information content (AvgIpc) is 1.77. The van der Waals surface area contributed by atoms with Gasteiger partial charge < -0.3 is 5.11 Å². The second-order valence-corrected chi connectivity index (χ2v) is 2.31. The molecule has 0 aromatic carbocycles. The van der Waals surface area contributed by atoms with E-state index in [1.54, 1.807) is 0 Å². The van der Waals surface area contributed by atoms with Crippen molar-refractivity contribution < 1.29 is 5.11 Å². The van der Waals surface area contributed by atoms with Crippen LogP contribution in [-0.2, 0) is 0 Å². The summed E-state index contributed by atoms with van der Waals surface area (Å²) in [5.74, 6) is 1.37.